The van der Waals surface area contributed by atoms with E-state index in [9.17, 15) is 0 Å². The molecular formula is C16H28N2O. The SMILES string of the molecule is CCOCCC(Cc1ccc(C(C)(C)C)cc1)NN. The number of benzene rings is 1. The van der Waals surface area contributed by atoms with Gasteiger partial charge in [0.25, 0.3) is 0 Å². The average Bonchev–Trinajstić information content (AvgIpc) is 2.37. The summed E-state index contributed by atoms with van der Waals surface area (Å²) in [7, 11) is 0. The van der Waals surface area contributed by atoms with Gasteiger partial charge in [0.2, 0.25) is 0 Å². The van der Waals surface area contributed by atoms with Gasteiger partial charge in [-0.1, -0.05) is 45.0 Å². The summed E-state index contributed by atoms with van der Waals surface area (Å²) < 4.78 is 5.37. The Bertz CT molecular complexity index is 354. The normalized spacial score (nSPS) is 13.5. The molecule has 1 rings (SSSR count). The predicted molar refractivity (Wildman–Crippen MR) is 81.1 cm³/mol. The summed E-state index contributed by atoms with van der Waals surface area (Å²) in [5.41, 5.74) is 5.76. The summed E-state index contributed by atoms with van der Waals surface area (Å²) in [4.78, 5) is 0. The molecule has 19 heavy (non-hydrogen) atoms. The third-order valence-electron chi connectivity index (χ3n) is 3.35. The Morgan fingerprint density at radius 3 is 2.32 bits per heavy atom. The first-order valence-corrected chi connectivity index (χ1v) is 7.10. The second-order valence-electron chi connectivity index (χ2n) is 6.00. The van der Waals surface area contributed by atoms with E-state index in [0.717, 1.165) is 26.1 Å². The first-order chi connectivity index (χ1) is 8.97. The van der Waals surface area contributed by atoms with Crippen LogP contribution < -0.4 is 11.3 Å². The number of hydrogen-bond acceptors (Lipinski definition) is 3. The van der Waals surface area contributed by atoms with Crippen LogP contribution in [0.2, 0.25) is 0 Å². The van der Waals surface area contributed by atoms with E-state index in [1.807, 2.05) is 6.92 Å². The summed E-state index contributed by atoms with van der Waals surface area (Å²) in [6.07, 6.45) is 1.87. The molecule has 108 valence electrons. The van der Waals surface area contributed by atoms with Gasteiger partial charge >= 0.3 is 0 Å². The molecule has 3 nitrogen and oxygen atoms in total. The minimum atomic E-state index is 0.207. The van der Waals surface area contributed by atoms with Gasteiger partial charge in [0.1, 0.15) is 0 Å². The van der Waals surface area contributed by atoms with Crippen LogP contribution in [0, 0.1) is 0 Å². The van der Waals surface area contributed by atoms with Crippen molar-refractivity contribution in [1.82, 2.24) is 5.43 Å². The number of nitrogens with one attached hydrogen (secondary N) is 1. The Morgan fingerprint density at radius 2 is 1.84 bits per heavy atom. The molecule has 0 saturated heterocycles. The third-order valence-corrected chi connectivity index (χ3v) is 3.35. The lowest BCUT2D eigenvalue weighted by atomic mass is 9.86. The maximum Gasteiger partial charge on any atom is 0.0481 e. The number of nitrogens with two attached hydrogens (primary N) is 1. The summed E-state index contributed by atoms with van der Waals surface area (Å²) in [6.45, 7) is 10.2. The molecule has 0 aromatic heterocycles. The van der Waals surface area contributed by atoms with Crippen LogP contribution in [0.1, 0.15) is 45.2 Å². The zero-order chi connectivity index (χ0) is 14.3. The number of rotatable bonds is 7. The van der Waals surface area contributed by atoms with Gasteiger partial charge in [-0.05, 0) is 36.3 Å². The monoisotopic (exact) mass is 264 g/mol. The van der Waals surface area contributed by atoms with E-state index in [1.54, 1.807) is 0 Å². The molecule has 0 amide bonds. The third kappa shape index (κ3) is 5.72. The first-order valence-electron chi connectivity index (χ1n) is 7.10. The fraction of sp³-hybridized carbons (Fsp3) is 0.625. The van der Waals surface area contributed by atoms with Crippen LogP contribution in [0.5, 0.6) is 0 Å². The number of hydrazine groups is 1. The van der Waals surface area contributed by atoms with Gasteiger partial charge in [0.15, 0.2) is 0 Å². The predicted octanol–water partition coefficient (Wildman–Crippen LogP) is 2.79. The largest absolute Gasteiger partial charge is 0.382 e. The van der Waals surface area contributed by atoms with Crippen LogP contribution in [0.25, 0.3) is 0 Å². The maximum atomic E-state index is 5.60. The molecule has 3 heteroatoms. The Balaban J connectivity index is 2.55. The number of hydrogen-bond donors (Lipinski definition) is 2. The Morgan fingerprint density at radius 1 is 1.21 bits per heavy atom. The van der Waals surface area contributed by atoms with Crippen molar-refractivity contribution in [3.8, 4) is 0 Å². The molecule has 0 aliphatic heterocycles. The minimum Gasteiger partial charge on any atom is -0.382 e. The summed E-state index contributed by atoms with van der Waals surface area (Å²) in [6, 6.07) is 9.10. The Hall–Kier alpha value is -0.900. The van der Waals surface area contributed by atoms with Crippen LogP contribution in [-0.4, -0.2) is 19.3 Å². The number of ether oxygens (including phenoxy) is 1. The molecule has 1 unspecified atom stereocenters. The first kappa shape index (κ1) is 16.2. The van der Waals surface area contributed by atoms with Crippen LogP contribution in [0.4, 0.5) is 0 Å². The maximum absolute atomic E-state index is 5.60. The fourth-order valence-electron chi connectivity index (χ4n) is 2.04. The van der Waals surface area contributed by atoms with Gasteiger partial charge in [0.05, 0.1) is 0 Å². The molecule has 0 spiro atoms. The smallest absolute Gasteiger partial charge is 0.0481 e. The van der Waals surface area contributed by atoms with Gasteiger partial charge in [0, 0.05) is 19.3 Å². The van der Waals surface area contributed by atoms with Crippen LogP contribution in [0.3, 0.4) is 0 Å². The van der Waals surface area contributed by atoms with Crippen LogP contribution >= 0.6 is 0 Å². The van der Waals surface area contributed by atoms with Crippen molar-refractivity contribution >= 4 is 0 Å². The minimum absolute atomic E-state index is 0.207. The van der Waals surface area contributed by atoms with Gasteiger partial charge in [-0.15, -0.1) is 0 Å². The molecule has 0 aliphatic rings. The van der Waals surface area contributed by atoms with E-state index in [2.05, 4.69) is 50.5 Å². The van der Waals surface area contributed by atoms with E-state index < -0.39 is 0 Å². The van der Waals surface area contributed by atoms with E-state index in [1.165, 1.54) is 11.1 Å². The highest BCUT2D eigenvalue weighted by Gasteiger charge is 2.13. The molecule has 0 saturated carbocycles. The second-order valence-corrected chi connectivity index (χ2v) is 6.00. The van der Waals surface area contributed by atoms with Gasteiger partial charge in [-0.25, -0.2) is 0 Å². The van der Waals surface area contributed by atoms with E-state index >= 15 is 0 Å². The lowest BCUT2D eigenvalue weighted by molar-refractivity contribution is 0.136. The summed E-state index contributed by atoms with van der Waals surface area (Å²) >= 11 is 0. The zero-order valence-corrected chi connectivity index (χ0v) is 12.7. The van der Waals surface area contributed by atoms with Crippen molar-refractivity contribution in [2.75, 3.05) is 13.2 Å². The second kappa shape index (κ2) is 7.63. The van der Waals surface area contributed by atoms with Crippen molar-refractivity contribution in [2.24, 2.45) is 5.84 Å². The molecule has 0 bridgehead atoms. The van der Waals surface area contributed by atoms with Crippen LogP contribution in [-0.2, 0) is 16.6 Å². The van der Waals surface area contributed by atoms with Crippen LogP contribution in [0.15, 0.2) is 24.3 Å². The van der Waals surface area contributed by atoms with E-state index in [4.69, 9.17) is 10.6 Å². The topological polar surface area (TPSA) is 47.3 Å². The summed E-state index contributed by atoms with van der Waals surface area (Å²) in [5.74, 6) is 5.60. The highest BCUT2D eigenvalue weighted by Crippen LogP contribution is 2.22. The molecule has 0 radical (unpaired) electrons. The molecular weight excluding hydrogens is 236 g/mol. The standard InChI is InChI=1S/C16H28N2O/c1-5-19-11-10-15(18-17)12-13-6-8-14(9-7-13)16(2,3)4/h6-9,15,18H,5,10-12,17H2,1-4H3. The average molecular weight is 264 g/mol. The van der Waals surface area contributed by atoms with Gasteiger partial charge in [-0.2, -0.15) is 0 Å². The van der Waals surface area contributed by atoms with Crippen molar-refractivity contribution in [3.63, 3.8) is 0 Å². The molecule has 1 aromatic rings. The van der Waals surface area contributed by atoms with Crippen molar-refractivity contribution in [1.29, 1.82) is 0 Å². The van der Waals surface area contributed by atoms with E-state index in [0.29, 0.717) is 0 Å². The van der Waals surface area contributed by atoms with E-state index in [-0.39, 0.29) is 11.5 Å². The van der Waals surface area contributed by atoms with Crippen molar-refractivity contribution < 1.29 is 4.74 Å². The van der Waals surface area contributed by atoms with Crippen molar-refractivity contribution in [2.45, 2.75) is 52.0 Å². The molecule has 1 atom stereocenters. The quantitative estimate of drug-likeness (QED) is 0.452. The van der Waals surface area contributed by atoms with Gasteiger partial charge < -0.3 is 4.74 Å². The lowest BCUT2D eigenvalue weighted by Crippen LogP contribution is -2.37. The molecule has 0 aliphatic carbocycles. The Labute approximate surface area is 117 Å². The fourth-order valence-corrected chi connectivity index (χ4v) is 2.04. The Kier molecular flexibility index (Phi) is 6.49. The molecule has 3 N–H and O–H groups in total. The lowest BCUT2D eigenvalue weighted by Gasteiger charge is -2.20. The molecule has 1 aromatic carbocycles. The highest BCUT2D eigenvalue weighted by atomic mass is 16.5. The molecule has 0 heterocycles. The summed E-state index contributed by atoms with van der Waals surface area (Å²) in [5, 5.41) is 0. The highest BCUT2D eigenvalue weighted by molar-refractivity contribution is 5.27. The molecule has 0 fully saturated rings. The van der Waals surface area contributed by atoms with Gasteiger partial charge in [-0.3, -0.25) is 11.3 Å². The zero-order valence-electron chi connectivity index (χ0n) is 12.7. The van der Waals surface area contributed by atoms with Crippen molar-refractivity contribution in [3.05, 3.63) is 35.4 Å².